The molecule has 0 aromatic heterocycles. The first-order valence-electron chi connectivity index (χ1n) is 22.8. The van der Waals surface area contributed by atoms with E-state index in [2.05, 4.69) is 0 Å². The van der Waals surface area contributed by atoms with Crippen LogP contribution in [0, 0.1) is 11.8 Å². The van der Waals surface area contributed by atoms with Gasteiger partial charge in [-0.05, 0) is 154 Å². The Morgan fingerprint density at radius 2 is 1.44 bits per heavy atom. The molecule has 2 aliphatic heterocycles. The van der Waals surface area contributed by atoms with Crippen molar-refractivity contribution in [2.75, 3.05) is 20.3 Å². The smallest absolute Gasteiger partial charge is 0.133 e. The van der Waals surface area contributed by atoms with Gasteiger partial charge in [0.25, 0.3) is 0 Å². The first kappa shape index (κ1) is 42.2. The van der Waals surface area contributed by atoms with E-state index in [-0.39, 0.29) is 36.1 Å². The minimum absolute atomic E-state index is 0.0379. The summed E-state index contributed by atoms with van der Waals surface area (Å²) < 4.78 is 32.5. The second-order valence-electron chi connectivity index (χ2n) is 17.9. The van der Waals surface area contributed by atoms with Gasteiger partial charge in [0.15, 0.2) is 0 Å². The molecule has 2 fully saturated rings. The number of aliphatic hydroxyl groups excluding tert-OH is 2. The molecule has 5 aromatic carbocycles. The zero-order valence-corrected chi connectivity index (χ0v) is 35.9. The van der Waals surface area contributed by atoms with Gasteiger partial charge in [-0.15, -0.1) is 0 Å². The normalized spacial score (nSPS) is 22.7. The van der Waals surface area contributed by atoms with Crippen LogP contribution in [0.1, 0.15) is 118 Å². The van der Waals surface area contributed by atoms with Crippen molar-refractivity contribution in [1.82, 2.24) is 0 Å². The van der Waals surface area contributed by atoms with Crippen LogP contribution in [0.4, 0.5) is 0 Å². The third kappa shape index (κ3) is 8.49. The van der Waals surface area contributed by atoms with E-state index in [0.717, 1.165) is 90.0 Å². The molecule has 10 heteroatoms. The average molecular weight is 845 g/mol. The molecule has 0 amide bonds. The van der Waals surface area contributed by atoms with Gasteiger partial charge in [-0.2, -0.15) is 0 Å². The standard InChI is InChI=1S/C52H60O10/c1-3-30-24-40(31-11-9-12-34(53)22-31)32(25-45(30)55)21-33-23-38(60-36-15-7-8-16-36)27-42-49(56)44(29-59-51(33)42)48-46(17-10-20-58-2)62-52-39-19-18-35(54)26-41(39)47(28-43(52)50(48)57)61-37-13-5-4-6-14-37/h9,11-12,18-19,22-28,36-37,44,46,48-50,53-57H,3-8,10,13-17,20-21,29H2,1-2H3/t44-,46+,48-,49-,50+/m1/s1. The van der Waals surface area contributed by atoms with Crippen molar-refractivity contribution in [3.05, 3.63) is 101 Å². The fourth-order valence-electron chi connectivity index (χ4n) is 10.6. The van der Waals surface area contributed by atoms with Crippen LogP contribution >= 0.6 is 0 Å². The molecule has 5 atom stereocenters. The number of hydrogen-bond donors (Lipinski definition) is 5. The van der Waals surface area contributed by atoms with Gasteiger partial charge in [-0.25, -0.2) is 0 Å². The van der Waals surface area contributed by atoms with Crippen LogP contribution in [0.2, 0.25) is 0 Å². The highest BCUT2D eigenvalue weighted by Crippen LogP contribution is 2.54. The maximum Gasteiger partial charge on any atom is 0.133 e. The van der Waals surface area contributed by atoms with Crippen molar-refractivity contribution in [2.24, 2.45) is 11.8 Å². The lowest BCUT2D eigenvalue weighted by Crippen LogP contribution is -2.46. The van der Waals surface area contributed by atoms with Crippen molar-refractivity contribution in [2.45, 2.75) is 121 Å². The topological polar surface area (TPSA) is 147 Å². The molecule has 9 rings (SSSR count). The fraction of sp³-hybridized carbons (Fsp3) is 0.462. The van der Waals surface area contributed by atoms with Crippen LogP contribution in [-0.4, -0.2) is 64.2 Å². The number of aliphatic hydroxyl groups is 2. The number of ether oxygens (including phenoxy) is 5. The van der Waals surface area contributed by atoms with Crippen molar-refractivity contribution in [1.29, 1.82) is 0 Å². The van der Waals surface area contributed by atoms with E-state index in [4.69, 9.17) is 23.7 Å². The molecule has 5 aromatic rings. The highest BCUT2D eigenvalue weighted by molar-refractivity contribution is 5.96. The number of aromatic hydroxyl groups is 3. The number of aryl methyl sites for hydroxylation is 1. The Balaban J connectivity index is 1.11. The summed E-state index contributed by atoms with van der Waals surface area (Å²) in [5.41, 5.74) is 5.33. The second-order valence-corrected chi connectivity index (χ2v) is 17.9. The van der Waals surface area contributed by atoms with Crippen molar-refractivity contribution < 1.29 is 49.2 Å². The summed E-state index contributed by atoms with van der Waals surface area (Å²) in [7, 11) is 1.67. The summed E-state index contributed by atoms with van der Waals surface area (Å²) in [6.45, 7) is 2.63. The largest absolute Gasteiger partial charge is 0.508 e. The van der Waals surface area contributed by atoms with Gasteiger partial charge in [0.1, 0.15) is 46.4 Å². The Hall–Kier alpha value is -5.16. The SMILES string of the molecule is CCc1cc(-c2cccc(O)c2)c(Cc2cc(OC3CCCC3)cc3c2OC[C@H]([C@@H]2[C@H](CCCOC)Oc4c(cc(OC5CCCCC5)c5cc(O)ccc45)[C@@H]2O)[C@@H]3O)cc1O. The van der Waals surface area contributed by atoms with Crippen molar-refractivity contribution in [3.8, 4) is 51.4 Å². The van der Waals surface area contributed by atoms with Gasteiger partial charge in [0.05, 0.1) is 31.0 Å². The van der Waals surface area contributed by atoms with Crippen LogP contribution in [0.15, 0.2) is 72.8 Å². The molecule has 4 aliphatic rings. The molecule has 0 radical (unpaired) electrons. The van der Waals surface area contributed by atoms with Gasteiger partial charge < -0.3 is 49.2 Å². The Morgan fingerprint density at radius 3 is 2.19 bits per heavy atom. The fourth-order valence-corrected chi connectivity index (χ4v) is 10.6. The van der Waals surface area contributed by atoms with Gasteiger partial charge in [-0.1, -0.05) is 25.5 Å². The molecule has 0 unspecified atom stereocenters. The van der Waals surface area contributed by atoms with E-state index in [0.29, 0.717) is 66.4 Å². The molecule has 5 N–H and O–H groups in total. The van der Waals surface area contributed by atoms with E-state index in [9.17, 15) is 25.5 Å². The molecule has 2 saturated carbocycles. The van der Waals surface area contributed by atoms with Crippen LogP contribution in [0.3, 0.4) is 0 Å². The predicted octanol–water partition coefficient (Wildman–Crippen LogP) is 10.4. The maximum atomic E-state index is 12.7. The van der Waals surface area contributed by atoms with Gasteiger partial charge in [0, 0.05) is 59.4 Å². The number of rotatable bonds is 13. The third-order valence-electron chi connectivity index (χ3n) is 13.8. The summed E-state index contributed by atoms with van der Waals surface area (Å²) in [4.78, 5) is 0. The zero-order valence-electron chi connectivity index (χ0n) is 35.9. The molecule has 0 spiro atoms. The number of hydrogen-bond acceptors (Lipinski definition) is 10. The number of fused-ring (bicyclic) bond motifs is 4. The minimum Gasteiger partial charge on any atom is -0.508 e. The van der Waals surface area contributed by atoms with Gasteiger partial charge >= 0.3 is 0 Å². The molecule has 62 heavy (non-hydrogen) atoms. The number of phenolic OH excluding ortho intramolecular Hbond substituents is 3. The molecule has 0 saturated heterocycles. The molecule has 328 valence electrons. The van der Waals surface area contributed by atoms with E-state index in [1.807, 2.05) is 49.4 Å². The van der Waals surface area contributed by atoms with Gasteiger partial charge in [0.2, 0.25) is 0 Å². The van der Waals surface area contributed by atoms with Crippen LogP contribution in [0.5, 0.6) is 40.2 Å². The molecule has 0 bridgehead atoms. The summed E-state index contributed by atoms with van der Waals surface area (Å²) in [6.07, 6.45) is 9.14. The van der Waals surface area contributed by atoms with Crippen molar-refractivity contribution in [3.63, 3.8) is 0 Å². The first-order chi connectivity index (χ1) is 30.2. The second kappa shape index (κ2) is 18.3. The summed E-state index contributed by atoms with van der Waals surface area (Å²) in [5, 5.41) is 59.1. The highest BCUT2D eigenvalue weighted by Gasteiger charge is 2.48. The number of phenols is 3. The van der Waals surface area contributed by atoms with Gasteiger partial charge in [-0.3, -0.25) is 0 Å². The highest BCUT2D eigenvalue weighted by atomic mass is 16.5. The van der Waals surface area contributed by atoms with E-state index in [1.165, 1.54) is 6.42 Å². The number of benzene rings is 5. The summed E-state index contributed by atoms with van der Waals surface area (Å²) in [5.74, 6) is 1.70. The van der Waals surface area contributed by atoms with E-state index >= 15 is 0 Å². The van der Waals surface area contributed by atoms with E-state index in [1.54, 1.807) is 37.4 Å². The zero-order chi connectivity index (χ0) is 42.9. The van der Waals surface area contributed by atoms with E-state index < -0.39 is 30.1 Å². The molecular weight excluding hydrogens is 785 g/mol. The Bertz CT molecular complexity index is 2380. The lowest BCUT2D eigenvalue weighted by atomic mass is 9.72. The minimum atomic E-state index is -1.05. The summed E-state index contributed by atoms with van der Waals surface area (Å²) in [6, 6.07) is 21.9. The van der Waals surface area contributed by atoms with Crippen LogP contribution in [-0.2, 0) is 17.6 Å². The molecule has 2 aliphatic carbocycles. The Labute approximate surface area is 364 Å². The lowest BCUT2D eigenvalue weighted by Gasteiger charge is -2.45. The predicted molar refractivity (Wildman–Crippen MR) is 238 cm³/mol. The molecule has 2 heterocycles. The number of methoxy groups -OCH3 is 1. The van der Waals surface area contributed by atoms with Crippen molar-refractivity contribution >= 4 is 10.8 Å². The maximum absolute atomic E-state index is 12.7. The molecule has 10 nitrogen and oxygen atoms in total. The Kier molecular flexibility index (Phi) is 12.4. The quantitative estimate of drug-likeness (QED) is 0.0726. The average Bonchev–Trinajstić information content (AvgIpc) is 3.78. The molecular formula is C52H60O10. The third-order valence-corrected chi connectivity index (χ3v) is 13.8. The Morgan fingerprint density at radius 1 is 0.694 bits per heavy atom. The van der Waals surface area contributed by atoms with Crippen LogP contribution in [0.25, 0.3) is 21.9 Å². The lowest BCUT2D eigenvalue weighted by molar-refractivity contribution is -0.0884. The van der Waals surface area contributed by atoms with Crippen LogP contribution < -0.4 is 18.9 Å². The monoisotopic (exact) mass is 844 g/mol. The first-order valence-corrected chi connectivity index (χ1v) is 22.8. The summed E-state index contributed by atoms with van der Waals surface area (Å²) >= 11 is 0.